The first-order chi connectivity index (χ1) is 13.6. The van der Waals surface area contributed by atoms with E-state index in [2.05, 4.69) is 22.1 Å². The molecule has 1 saturated heterocycles. The number of carbonyl (C=O) groups excluding carboxylic acids is 1. The third-order valence-electron chi connectivity index (χ3n) is 5.22. The Bertz CT molecular complexity index is 945. The molecular formula is C22H20F2N2O2. The molecule has 2 unspecified atom stereocenters. The quantitative estimate of drug-likeness (QED) is 0.758. The highest BCUT2D eigenvalue weighted by molar-refractivity contribution is 5.71. The Morgan fingerprint density at radius 1 is 1.11 bits per heavy atom. The molecule has 2 fully saturated rings. The molecule has 4 nitrogen and oxygen atoms in total. The van der Waals surface area contributed by atoms with Gasteiger partial charge in [-0.25, -0.2) is 13.6 Å². The van der Waals surface area contributed by atoms with Crippen molar-refractivity contribution in [3.63, 3.8) is 0 Å². The van der Waals surface area contributed by atoms with Crippen LogP contribution in [0.3, 0.4) is 0 Å². The van der Waals surface area contributed by atoms with Gasteiger partial charge in [0.2, 0.25) is 0 Å². The van der Waals surface area contributed by atoms with Gasteiger partial charge in [-0.3, -0.25) is 4.98 Å². The van der Waals surface area contributed by atoms with Crippen LogP contribution in [-0.4, -0.2) is 11.1 Å². The standard InChI is InChI=1S/C22H20F2N2O2/c23-17-8-9-19(24)18(11-17)21-20(26-22(27)28-21)16-10-15(12-25-13-16)7-6-14-4-2-1-3-5-14/h8-14,20-21H,1-5H2,(H,26,27). The van der Waals surface area contributed by atoms with Gasteiger partial charge < -0.3 is 10.1 Å². The Morgan fingerprint density at radius 3 is 2.75 bits per heavy atom. The van der Waals surface area contributed by atoms with Crippen molar-refractivity contribution in [3.05, 3.63) is 65.0 Å². The second kappa shape index (κ2) is 7.97. The molecule has 1 saturated carbocycles. The van der Waals surface area contributed by atoms with Crippen LogP contribution in [0.25, 0.3) is 0 Å². The van der Waals surface area contributed by atoms with Crippen LogP contribution in [0.15, 0.2) is 36.7 Å². The maximum Gasteiger partial charge on any atom is 0.408 e. The molecular weight excluding hydrogens is 362 g/mol. The molecule has 28 heavy (non-hydrogen) atoms. The van der Waals surface area contributed by atoms with Gasteiger partial charge in [0, 0.05) is 29.4 Å². The summed E-state index contributed by atoms with van der Waals surface area (Å²) in [4.78, 5) is 16.0. The van der Waals surface area contributed by atoms with Crippen LogP contribution < -0.4 is 5.32 Å². The Balaban J connectivity index is 1.61. The topological polar surface area (TPSA) is 51.2 Å². The normalized spacial score (nSPS) is 22.1. The number of nitrogens with one attached hydrogen (secondary N) is 1. The second-order valence-corrected chi connectivity index (χ2v) is 7.22. The van der Waals surface area contributed by atoms with E-state index in [1.165, 1.54) is 19.3 Å². The van der Waals surface area contributed by atoms with Gasteiger partial charge in [0.15, 0.2) is 6.10 Å². The molecule has 0 spiro atoms. The number of ether oxygens (including phenoxy) is 1. The fraction of sp³-hybridized carbons (Fsp3) is 0.364. The van der Waals surface area contributed by atoms with E-state index in [1.54, 1.807) is 12.4 Å². The highest BCUT2D eigenvalue weighted by Gasteiger charge is 2.38. The predicted molar refractivity (Wildman–Crippen MR) is 99.1 cm³/mol. The number of hydrogen-bond acceptors (Lipinski definition) is 3. The number of rotatable bonds is 2. The lowest BCUT2D eigenvalue weighted by molar-refractivity contribution is 0.130. The fourth-order valence-corrected chi connectivity index (χ4v) is 3.78. The molecule has 0 bridgehead atoms. The van der Waals surface area contributed by atoms with Crippen LogP contribution in [0.1, 0.15) is 60.9 Å². The van der Waals surface area contributed by atoms with E-state index in [0.29, 0.717) is 11.5 Å². The van der Waals surface area contributed by atoms with Gasteiger partial charge in [0.1, 0.15) is 17.7 Å². The molecule has 2 heterocycles. The molecule has 4 rings (SSSR count). The zero-order valence-electron chi connectivity index (χ0n) is 15.3. The van der Waals surface area contributed by atoms with E-state index in [1.807, 2.05) is 6.07 Å². The van der Waals surface area contributed by atoms with Crippen LogP contribution in [0.2, 0.25) is 0 Å². The third-order valence-corrected chi connectivity index (χ3v) is 5.22. The van der Waals surface area contributed by atoms with E-state index in [9.17, 15) is 13.6 Å². The molecule has 2 atom stereocenters. The summed E-state index contributed by atoms with van der Waals surface area (Å²) in [6, 6.07) is 4.24. The maximum absolute atomic E-state index is 14.2. The minimum Gasteiger partial charge on any atom is -0.439 e. The van der Waals surface area contributed by atoms with Crippen molar-refractivity contribution in [2.24, 2.45) is 5.92 Å². The number of carbonyl (C=O) groups is 1. The van der Waals surface area contributed by atoms with E-state index >= 15 is 0 Å². The Morgan fingerprint density at radius 2 is 1.93 bits per heavy atom. The number of cyclic esters (lactones) is 1. The van der Waals surface area contributed by atoms with E-state index in [4.69, 9.17) is 4.74 Å². The number of nitrogens with zero attached hydrogens (tertiary/aromatic N) is 1. The summed E-state index contributed by atoms with van der Waals surface area (Å²) in [6.07, 6.45) is 7.51. The minimum absolute atomic E-state index is 0.0120. The first-order valence-corrected chi connectivity index (χ1v) is 9.49. The van der Waals surface area contributed by atoms with Crippen molar-refractivity contribution in [1.82, 2.24) is 10.3 Å². The Kier molecular flexibility index (Phi) is 5.25. The largest absolute Gasteiger partial charge is 0.439 e. The van der Waals surface area contributed by atoms with Crippen molar-refractivity contribution in [2.45, 2.75) is 44.2 Å². The summed E-state index contributed by atoms with van der Waals surface area (Å²) in [5, 5.41) is 2.66. The van der Waals surface area contributed by atoms with E-state index in [-0.39, 0.29) is 5.56 Å². The summed E-state index contributed by atoms with van der Waals surface area (Å²) < 4.78 is 33.1. The molecule has 144 valence electrons. The lowest BCUT2D eigenvalue weighted by atomic mass is 9.89. The molecule has 1 N–H and O–H groups in total. The summed E-state index contributed by atoms with van der Waals surface area (Å²) in [5.74, 6) is 5.65. The van der Waals surface area contributed by atoms with Gasteiger partial charge in [-0.1, -0.05) is 31.1 Å². The molecule has 0 radical (unpaired) electrons. The number of amides is 1. The van der Waals surface area contributed by atoms with Gasteiger partial charge in [-0.05, 0) is 42.7 Å². The van der Waals surface area contributed by atoms with Crippen molar-refractivity contribution >= 4 is 6.09 Å². The minimum atomic E-state index is -0.980. The number of aromatic nitrogens is 1. The average molecular weight is 382 g/mol. The lowest BCUT2D eigenvalue weighted by Crippen LogP contribution is -2.20. The molecule has 1 amide bonds. The summed E-state index contributed by atoms with van der Waals surface area (Å²) in [5.41, 5.74) is 1.35. The molecule has 1 aromatic heterocycles. The highest BCUT2D eigenvalue weighted by atomic mass is 19.1. The molecule has 1 aromatic carbocycles. The fourth-order valence-electron chi connectivity index (χ4n) is 3.78. The first kappa shape index (κ1) is 18.4. The summed E-state index contributed by atoms with van der Waals surface area (Å²) >= 11 is 0. The van der Waals surface area contributed by atoms with Gasteiger partial charge in [-0.2, -0.15) is 0 Å². The van der Waals surface area contributed by atoms with Gasteiger partial charge >= 0.3 is 6.09 Å². The number of alkyl carbamates (subject to hydrolysis) is 1. The summed E-state index contributed by atoms with van der Waals surface area (Å²) in [7, 11) is 0. The van der Waals surface area contributed by atoms with E-state index < -0.39 is 29.9 Å². The number of halogens is 2. The highest BCUT2D eigenvalue weighted by Crippen LogP contribution is 2.38. The average Bonchev–Trinajstić information content (AvgIpc) is 3.11. The first-order valence-electron chi connectivity index (χ1n) is 9.49. The SMILES string of the molecule is O=C1NC(c2cncc(C#CC3CCCCC3)c2)C(c2cc(F)ccc2F)O1. The molecule has 2 aliphatic rings. The number of benzene rings is 1. The van der Waals surface area contributed by atoms with Crippen molar-refractivity contribution in [2.75, 3.05) is 0 Å². The number of pyridine rings is 1. The molecule has 1 aliphatic heterocycles. The smallest absolute Gasteiger partial charge is 0.408 e. The van der Waals surface area contributed by atoms with Crippen LogP contribution in [0.5, 0.6) is 0 Å². The Hall–Kier alpha value is -2.94. The van der Waals surface area contributed by atoms with Crippen LogP contribution in [0, 0.1) is 29.4 Å². The van der Waals surface area contributed by atoms with Gasteiger partial charge in [0.05, 0.1) is 0 Å². The van der Waals surface area contributed by atoms with Crippen LogP contribution in [-0.2, 0) is 4.74 Å². The van der Waals surface area contributed by atoms with Crippen LogP contribution >= 0.6 is 0 Å². The third kappa shape index (κ3) is 3.99. The van der Waals surface area contributed by atoms with Crippen molar-refractivity contribution < 1.29 is 18.3 Å². The summed E-state index contributed by atoms with van der Waals surface area (Å²) in [6.45, 7) is 0. The van der Waals surface area contributed by atoms with Gasteiger partial charge in [-0.15, -0.1) is 0 Å². The van der Waals surface area contributed by atoms with Gasteiger partial charge in [0.25, 0.3) is 0 Å². The zero-order chi connectivity index (χ0) is 19.5. The molecule has 6 heteroatoms. The van der Waals surface area contributed by atoms with Crippen LogP contribution in [0.4, 0.5) is 13.6 Å². The van der Waals surface area contributed by atoms with Crippen molar-refractivity contribution in [3.8, 4) is 11.8 Å². The number of hydrogen-bond donors (Lipinski definition) is 1. The van der Waals surface area contributed by atoms with E-state index in [0.717, 1.165) is 36.6 Å². The maximum atomic E-state index is 14.2. The zero-order valence-corrected chi connectivity index (χ0v) is 15.3. The monoisotopic (exact) mass is 382 g/mol. The predicted octanol–water partition coefficient (Wildman–Crippen LogP) is 4.81. The Labute approximate surface area is 162 Å². The van der Waals surface area contributed by atoms with Crippen molar-refractivity contribution in [1.29, 1.82) is 0 Å². The molecule has 2 aromatic rings. The lowest BCUT2D eigenvalue weighted by Gasteiger charge is -2.18. The molecule has 1 aliphatic carbocycles. The second-order valence-electron chi connectivity index (χ2n) is 7.22.